The lowest BCUT2D eigenvalue weighted by molar-refractivity contribution is 0.424. The molecule has 3 aromatic rings. The Bertz CT molecular complexity index is 680. The Hall–Kier alpha value is -2.11. The minimum Gasteiger partial charge on any atom is -0.422 e. The van der Waals surface area contributed by atoms with Crippen LogP contribution in [0.3, 0.4) is 0 Å². The normalized spacial score (nSPS) is 10.8. The standard InChI is InChI=1S/C13H11BN2O2/c17-14(18)12-8-10-6-7-11(15-13(10)16-12)9-4-2-1-3-5-9/h1-8,17-18H,(H,15,16). The third-order valence-corrected chi connectivity index (χ3v) is 2.85. The fraction of sp³-hybridized carbons (Fsp3) is 0. The first-order valence-corrected chi connectivity index (χ1v) is 5.65. The maximum atomic E-state index is 9.11. The van der Waals surface area contributed by atoms with Gasteiger partial charge in [0.1, 0.15) is 5.65 Å². The third kappa shape index (κ3) is 1.90. The topological polar surface area (TPSA) is 69.1 Å². The number of aromatic amines is 1. The van der Waals surface area contributed by atoms with Crippen LogP contribution in [0.15, 0.2) is 48.5 Å². The number of benzene rings is 1. The third-order valence-electron chi connectivity index (χ3n) is 2.85. The van der Waals surface area contributed by atoms with E-state index in [2.05, 4.69) is 9.97 Å². The van der Waals surface area contributed by atoms with E-state index in [4.69, 9.17) is 10.0 Å². The van der Waals surface area contributed by atoms with Crippen LogP contribution >= 0.6 is 0 Å². The van der Waals surface area contributed by atoms with Crippen molar-refractivity contribution in [1.82, 2.24) is 9.97 Å². The molecule has 0 atom stereocenters. The molecule has 1 aromatic carbocycles. The van der Waals surface area contributed by atoms with Gasteiger partial charge < -0.3 is 15.0 Å². The summed E-state index contributed by atoms with van der Waals surface area (Å²) in [7, 11) is -1.50. The Morgan fingerprint density at radius 2 is 1.78 bits per heavy atom. The van der Waals surface area contributed by atoms with Crippen LogP contribution in [0.2, 0.25) is 0 Å². The first kappa shape index (κ1) is 11.0. The Kier molecular flexibility index (Phi) is 2.62. The van der Waals surface area contributed by atoms with Crippen LogP contribution in [-0.2, 0) is 0 Å². The van der Waals surface area contributed by atoms with Gasteiger partial charge in [-0.3, -0.25) is 0 Å². The van der Waals surface area contributed by atoms with Crippen LogP contribution in [0.25, 0.3) is 22.3 Å². The molecule has 2 aromatic heterocycles. The summed E-state index contributed by atoms with van der Waals surface area (Å²) in [6.45, 7) is 0. The van der Waals surface area contributed by atoms with E-state index in [-0.39, 0.29) is 0 Å². The molecule has 2 heterocycles. The van der Waals surface area contributed by atoms with Crippen molar-refractivity contribution in [2.24, 2.45) is 0 Å². The zero-order valence-corrected chi connectivity index (χ0v) is 9.54. The van der Waals surface area contributed by atoms with Gasteiger partial charge in [0.15, 0.2) is 0 Å². The highest BCUT2D eigenvalue weighted by molar-refractivity contribution is 6.58. The number of pyridine rings is 1. The predicted octanol–water partition coefficient (Wildman–Crippen LogP) is 0.910. The molecular formula is C13H11BN2O2. The summed E-state index contributed by atoms with van der Waals surface area (Å²) in [5, 5.41) is 19.1. The molecule has 0 bridgehead atoms. The molecule has 0 fully saturated rings. The van der Waals surface area contributed by atoms with Crippen molar-refractivity contribution in [3.63, 3.8) is 0 Å². The van der Waals surface area contributed by atoms with Gasteiger partial charge in [0.25, 0.3) is 0 Å². The predicted molar refractivity (Wildman–Crippen MR) is 71.4 cm³/mol. The van der Waals surface area contributed by atoms with Gasteiger partial charge >= 0.3 is 7.12 Å². The molecule has 0 spiro atoms. The first-order chi connectivity index (χ1) is 8.74. The molecule has 18 heavy (non-hydrogen) atoms. The lowest BCUT2D eigenvalue weighted by atomic mass is 9.86. The van der Waals surface area contributed by atoms with Gasteiger partial charge in [-0.15, -0.1) is 0 Å². The number of rotatable bonds is 2. The minimum absolute atomic E-state index is 0.350. The van der Waals surface area contributed by atoms with Crippen molar-refractivity contribution < 1.29 is 10.0 Å². The second-order valence-electron chi connectivity index (χ2n) is 4.10. The highest BCUT2D eigenvalue weighted by Gasteiger charge is 2.14. The molecule has 3 rings (SSSR count). The summed E-state index contributed by atoms with van der Waals surface area (Å²) < 4.78 is 0. The Morgan fingerprint density at radius 3 is 2.50 bits per heavy atom. The Labute approximate surface area is 104 Å². The minimum atomic E-state index is -1.50. The molecule has 0 aliphatic heterocycles. The highest BCUT2D eigenvalue weighted by Crippen LogP contribution is 2.19. The number of aromatic nitrogens is 2. The average Bonchev–Trinajstić information content (AvgIpc) is 2.82. The van der Waals surface area contributed by atoms with E-state index in [9.17, 15) is 0 Å². The van der Waals surface area contributed by atoms with E-state index in [1.54, 1.807) is 6.07 Å². The van der Waals surface area contributed by atoms with Crippen molar-refractivity contribution in [3.05, 3.63) is 48.5 Å². The number of hydrogen-bond donors (Lipinski definition) is 3. The van der Waals surface area contributed by atoms with Gasteiger partial charge in [-0.25, -0.2) is 4.98 Å². The van der Waals surface area contributed by atoms with E-state index in [1.807, 2.05) is 42.5 Å². The van der Waals surface area contributed by atoms with Crippen molar-refractivity contribution >= 4 is 23.7 Å². The van der Waals surface area contributed by atoms with Crippen molar-refractivity contribution in [2.75, 3.05) is 0 Å². The molecular weight excluding hydrogens is 227 g/mol. The maximum Gasteiger partial charge on any atom is 0.505 e. The zero-order valence-electron chi connectivity index (χ0n) is 9.54. The number of hydrogen-bond acceptors (Lipinski definition) is 3. The van der Waals surface area contributed by atoms with Gasteiger partial charge in [-0.05, 0) is 18.2 Å². The summed E-state index contributed by atoms with van der Waals surface area (Å²) in [6, 6.07) is 15.3. The van der Waals surface area contributed by atoms with Gasteiger partial charge in [0.2, 0.25) is 0 Å². The van der Waals surface area contributed by atoms with Crippen LogP contribution in [-0.4, -0.2) is 27.1 Å². The molecule has 0 unspecified atom stereocenters. The number of nitrogens with zero attached hydrogens (tertiary/aromatic N) is 1. The fourth-order valence-corrected chi connectivity index (χ4v) is 1.94. The SMILES string of the molecule is OB(O)c1cc2ccc(-c3ccccc3)nc2[nH]1. The van der Waals surface area contributed by atoms with Crippen LogP contribution in [0.1, 0.15) is 0 Å². The summed E-state index contributed by atoms with van der Waals surface area (Å²) in [6.07, 6.45) is 0. The molecule has 3 N–H and O–H groups in total. The van der Waals surface area contributed by atoms with Gasteiger partial charge in [0, 0.05) is 16.5 Å². The van der Waals surface area contributed by atoms with Crippen LogP contribution < -0.4 is 5.59 Å². The van der Waals surface area contributed by atoms with Crippen molar-refractivity contribution in [2.45, 2.75) is 0 Å². The van der Waals surface area contributed by atoms with E-state index in [1.165, 1.54) is 0 Å². The molecule has 88 valence electrons. The quantitative estimate of drug-likeness (QED) is 0.581. The van der Waals surface area contributed by atoms with Gasteiger partial charge in [-0.1, -0.05) is 30.3 Å². The fourth-order valence-electron chi connectivity index (χ4n) is 1.94. The van der Waals surface area contributed by atoms with Crippen molar-refractivity contribution in [1.29, 1.82) is 0 Å². The molecule has 0 radical (unpaired) electrons. The Balaban J connectivity index is 2.11. The lowest BCUT2D eigenvalue weighted by Crippen LogP contribution is -2.30. The smallest absolute Gasteiger partial charge is 0.422 e. The second-order valence-corrected chi connectivity index (χ2v) is 4.10. The summed E-state index contributed by atoms with van der Waals surface area (Å²) in [4.78, 5) is 7.36. The molecule has 0 aliphatic rings. The highest BCUT2D eigenvalue weighted by atomic mass is 16.4. The largest absolute Gasteiger partial charge is 0.505 e. The lowest BCUT2D eigenvalue weighted by Gasteiger charge is -1.99. The van der Waals surface area contributed by atoms with Crippen LogP contribution in [0.4, 0.5) is 0 Å². The van der Waals surface area contributed by atoms with E-state index in [0.29, 0.717) is 11.2 Å². The Morgan fingerprint density at radius 1 is 1.00 bits per heavy atom. The molecule has 0 saturated carbocycles. The van der Waals surface area contributed by atoms with Gasteiger partial charge in [0.05, 0.1) is 5.69 Å². The van der Waals surface area contributed by atoms with E-state index in [0.717, 1.165) is 16.6 Å². The van der Waals surface area contributed by atoms with E-state index >= 15 is 0 Å². The van der Waals surface area contributed by atoms with Crippen LogP contribution in [0.5, 0.6) is 0 Å². The molecule has 0 amide bonds. The van der Waals surface area contributed by atoms with E-state index < -0.39 is 7.12 Å². The van der Waals surface area contributed by atoms with Crippen molar-refractivity contribution in [3.8, 4) is 11.3 Å². The second kappa shape index (κ2) is 4.29. The summed E-state index contributed by atoms with van der Waals surface area (Å²) in [5.74, 6) is 0. The molecule has 4 nitrogen and oxygen atoms in total. The zero-order chi connectivity index (χ0) is 12.5. The number of fused-ring (bicyclic) bond motifs is 1. The molecule has 0 saturated heterocycles. The van der Waals surface area contributed by atoms with Gasteiger partial charge in [-0.2, -0.15) is 0 Å². The number of nitrogens with one attached hydrogen (secondary N) is 1. The summed E-state index contributed by atoms with van der Waals surface area (Å²) in [5.41, 5.74) is 2.88. The summed E-state index contributed by atoms with van der Waals surface area (Å²) >= 11 is 0. The first-order valence-electron chi connectivity index (χ1n) is 5.65. The maximum absolute atomic E-state index is 9.11. The number of H-pyrrole nitrogens is 1. The molecule has 0 aliphatic carbocycles. The average molecular weight is 238 g/mol. The monoisotopic (exact) mass is 238 g/mol. The molecule has 5 heteroatoms. The van der Waals surface area contributed by atoms with Crippen LogP contribution in [0, 0.1) is 0 Å².